The summed E-state index contributed by atoms with van der Waals surface area (Å²) >= 11 is 0. The molecule has 3 rings (SSSR count). The number of hydrogen-bond donors (Lipinski definition) is 2. The molecule has 3 aromatic carbocycles. The number of anilines is 1. The predicted octanol–water partition coefficient (Wildman–Crippen LogP) is 6.29. The normalized spacial score (nSPS) is 12.9. The van der Waals surface area contributed by atoms with Crippen LogP contribution in [0.4, 0.5) is 10.5 Å². The smallest absolute Gasteiger partial charge is 0.408 e. The monoisotopic (exact) mass is 541 g/mol. The fraction of sp³-hybridized carbons (Fsp3) is 0.364. The van der Waals surface area contributed by atoms with Gasteiger partial charge in [0.25, 0.3) is 5.91 Å². The zero-order valence-electron chi connectivity index (χ0n) is 24.3. The van der Waals surface area contributed by atoms with Crippen LogP contribution in [0, 0.1) is 18.3 Å². The largest absolute Gasteiger partial charge is 0.444 e. The third-order valence-corrected chi connectivity index (χ3v) is 6.37. The fourth-order valence-corrected chi connectivity index (χ4v) is 4.55. The van der Waals surface area contributed by atoms with Gasteiger partial charge in [0.15, 0.2) is 0 Å². The summed E-state index contributed by atoms with van der Waals surface area (Å²) in [4.78, 5) is 42.5. The van der Waals surface area contributed by atoms with Gasteiger partial charge in [0, 0.05) is 17.3 Å². The molecule has 2 N–H and O–H groups in total. The highest BCUT2D eigenvalue weighted by Gasteiger charge is 2.39. The minimum atomic E-state index is -1.06. The Hall–Kier alpha value is -4.31. The average Bonchev–Trinajstić information content (AvgIpc) is 2.88. The van der Waals surface area contributed by atoms with Crippen LogP contribution in [0.5, 0.6) is 0 Å². The van der Waals surface area contributed by atoms with Crippen LogP contribution < -0.4 is 10.6 Å². The molecular weight excluding hydrogens is 502 g/mol. The van der Waals surface area contributed by atoms with E-state index >= 15 is 0 Å². The van der Waals surface area contributed by atoms with Crippen molar-refractivity contribution >= 4 is 34.4 Å². The average molecular weight is 542 g/mol. The minimum Gasteiger partial charge on any atom is -0.444 e. The number of rotatable bonds is 8. The van der Waals surface area contributed by atoms with Gasteiger partial charge in [0.05, 0.1) is 0 Å². The molecule has 0 heterocycles. The van der Waals surface area contributed by atoms with Crippen LogP contribution in [-0.4, -0.2) is 40.5 Å². The van der Waals surface area contributed by atoms with Gasteiger partial charge in [-0.2, -0.15) is 0 Å². The van der Waals surface area contributed by atoms with E-state index in [2.05, 4.69) is 16.6 Å². The lowest BCUT2D eigenvalue weighted by Gasteiger charge is -2.38. The molecule has 2 atom stereocenters. The highest BCUT2D eigenvalue weighted by Crippen LogP contribution is 2.30. The van der Waals surface area contributed by atoms with E-state index < -0.39 is 41.6 Å². The molecule has 7 heteroatoms. The molecule has 2 unspecified atom stereocenters. The molecule has 0 aliphatic carbocycles. The van der Waals surface area contributed by atoms with Gasteiger partial charge in [0.1, 0.15) is 17.7 Å². The molecule has 0 spiro atoms. The van der Waals surface area contributed by atoms with E-state index in [0.29, 0.717) is 16.8 Å². The van der Waals surface area contributed by atoms with Crippen LogP contribution in [-0.2, 0) is 14.3 Å². The van der Waals surface area contributed by atoms with Crippen molar-refractivity contribution in [3.8, 4) is 12.3 Å². The molecule has 210 valence electrons. The minimum absolute atomic E-state index is 0.284. The first-order chi connectivity index (χ1) is 18.8. The zero-order valence-corrected chi connectivity index (χ0v) is 24.3. The van der Waals surface area contributed by atoms with Crippen molar-refractivity contribution in [2.75, 3.05) is 5.32 Å². The fourth-order valence-electron chi connectivity index (χ4n) is 4.55. The van der Waals surface area contributed by atoms with Gasteiger partial charge in [-0.3, -0.25) is 9.59 Å². The summed E-state index contributed by atoms with van der Waals surface area (Å²) in [7, 11) is 0. The van der Waals surface area contributed by atoms with Crippen molar-refractivity contribution in [1.82, 2.24) is 10.2 Å². The Morgan fingerprint density at radius 2 is 1.52 bits per heavy atom. The number of hydrogen-bond acceptors (Lipinski definition) is 4. The highest BCUT2D eigenvalue weighted by molar-refractivity contribution is 6.00. The number of alkyl carbamates (subject to hydrolysis) is 1. The Kier molecular flexibility index (Phi) is 9.60. The molecule has 0 fully saturated rings. The van der Waals surface area contributed by atoms with Crippen LogP contribution >= 0.6 is 0 Å². The van der Waals surface area contributed by atoms with E-state index in [1.165, 1.54) is 4.90 Å². The second-order valence-corrected chi connectivity index (χ2v) is 11.4. The Morgan fingerprint density at radius 3 is 2.12 bits per heavy atom. The standard InChI is InChI=1S/C33H39N3O4/c1-9-23-14-12-13-17-27(23)29(30(37)34-26-19-18-24-15-10-11-16-25(24)20-26)36(22(4)5)31(38)28(21(2)3)35-32(39)40-33(6,7)8/h1,10-22,28-29H,2-8H3,(H,34,37)(H,35,39). The van der Waals surface area contributed by atoms with Gasteiger partial charge < -0.3 is 20.3 Å². The number of fused-ring (bicyclic) bond motifs is 1. The van der Waals surface area contributed by atoms with E-state index in [9.17, 15) is 14.4 Å². The van der Waals surface area contributed by atoms with Gasteiger partial charge in [-0.15, -0.1) is 6.42 Å². The predicted molar refractivity (Wildman–Crippen MR) is 160 cm³/mol. The second kappa shape index (κ2) is 12.7. The van der Waals surface area contributed by atoms with Gasteiger partial charge in [-0.25, -0.2) is 4.79 Å². The van der Waals surface area contributed by atoms with Gasteiger partial charge >= 0.3 is 6.09 Å². The van der Waals surface area contributed by atoms with Crippen molar-refractivity contribution in [2.45, 2.75) is 72.2 Å². The van der Waals surface area contributed by atoms with Crippen molar-refractivity contribution in [3.05, 3.63) is 77.9 Å². The topological polar surface area (TPSA) is 87.7 Å². The van der Waals surface area contributed by atoms with E-state index in [4.69, 9.17) is 11.2 Å². The summed E-state index contributed by atoms with van der Waals surface area (Å²) in [6, 6.07) is 18.2. The van der Waals surface area contributed by atoms with E-state index in [1.807, 2.05) is 70.2 Å². The third-order valence-electron chi connectivity index (χ3n) is 6.37. The summed E-state index contributed by atoms with van der Waals surface area (Å²) in [5, 5.41) is 7.74. The zero-order chi connectivity index (χ0) is 29.6. The Labute approximate surface area is 237 Å². The number of carbonyl (C=O) groups excluding carboxylic acids is 3. The van der Waals surface area contributed by atoms with Gasteiger partial charge in [0.2, 0.25) is 5.91 Å². The molecular formula is C33H39N3O4. The molecule has 40 heavy (non-hydrogen) atoms. The van der Waals surface area contributed by atoms with E-state index in [0.717, 1.165) is 10.8 Å². The highest BCUT2D eigenvalue weighted by atomic mass is 16.6. The first kappa shape index (κ1) is 30.2. The van der Waals surface area contributed by atoms with Crippen LogP contribution in [0.15, 0.2) is 66.7 Å². The summed E-state index contributed by atoms with van der Waals surface area (Å²) in [6.45, 7) is 12.6. The van der Waals surface area contributed by atoms with Crippen molar-refractivity contribution in [1.29, 1.82) is 0 Å². The summed E-state index contributed by atoms with van der Waals surface area (Å²) in [5.74, 6) is 1.54. The number of benzene rings is 3. The molecule has 0 aliphatic heterocycles. The van der Waals surface area contributed by atoms with Gasteiger partial charge in [-0.1, -0.05) is 68.3 Å². The van der Waals surface area contributed by atoms with Crippen LogP contribution in [0.3, 0.4) is 0 Å². The lowest BCUT2D eigenvalue weighted by molar-refractivity contribution is -0.143. The Bertz CT molecular complexity index is 1410. The third kappa shape index (κ3) is 7.41. The summed E-state index contributed by atoms with van der Waals surface area (Å²) in [6.07, 6.45) is 5.13. The molecule has 0 saturated carbocycles. The molecule has 0 saturated heterocycles. The first-order valence-corrected chi connectivity index (χ1v) is 13.5. The number of nitrogens with one attached hydrogen (secondary N) is 2. The number of amides is 3. The molecule has 0 radical (unpaired) electrons. The van der Waals surface area contributed by atoms with Crippen molar-refractivity contribution in [2.24, 2.45) is 5.92 Å². The maximum atomic E-state index is 14.2. The first-order valence-electron chi connectivity index (χ1n) is 13.5. The summed E-state index contributed by atoms with van der Waals surface area (Å²) in [5.41, 5.74) is 0.877. The van der Waals surface area contributed by atoms with Gasteiger partial charge in [-0.05, 0) is 75.1 Å². The lowest BCUT2D eigenvalue weighted by Crippen LogP contribution is -2.56. The van der Waals surface area contributed by atoms with E-state index in [-0.39, 0.29) is 5.92 Å². The summed E-state index contributed by atoms with van der Waals surface area (Å²) < 4.78 is 5.43. The van der Waals surface area contributed by atoms with Crippen molar-refractivity contribution in [3.63, 3.8) is 0 Å². The SMILES string of the molecule is C#Cc1ccccc1C(C(=O)Nc1ccc2ccccc2c1)N(C(=O)C(NC(=O)OC(C)(C)C)C(C)C)C(C)C. The number of ether oxygens (including phenoxy) is 1. The van der Waals surface area contributed by atoms with Crippen LogP contribution in [0.1, 0.15) is 65.6 Å². The number of carbonyl (C=O) groups is 3. The van der Waals surface area contributed by atoms with E-state index in [1.54, 1.807) is 45.0 Å². The molecule has 3 aromatic rings. The number of terminal acetylenes is 1. The van der Waals surface area contributed by atoms with Crippen LogP contribution in [0.25, 0.3) is 10.8 Å². The lowest BCUT2D eigenvalue weighted by atomic mass is 9.94. The van der Waals surface area contributed by atoms with Crippen LogP contribution in [0.2, 0.25) is 0 Å². The molecule has 0 bridgehead atoms. The molecule has 0 aliphatic rings. The maximum absolute atomic E-state index is 14.2. The quantitative estimate of drug-likeness (QED) is 0.328. The van der Waals surface area contributed by atoms with Crippen molar-refractivity contribution < 1.29 is 19.1 Å². The molecule has 0 aromatic heterocycles. The number of nitrogens with zero attached hydrogens (tertiary/aromatic N) is 1. The Morgan fingerprint density at radius 1 is 0.900 bits per heavy atom. The second-order valence-electron chi connectivity index (χ2n) is 11.4. The molecule has 3 amide bonds. The Balaban J connectivity index is 2.06. The maximum Gasteiger partial charge on any atom is 0.408 e. The molecule has 7 nitrogen and oxygen atoms in total.